The van der Waals surface area contributed by atoms with Crippen LogP contribution in [-0.4, -0.2) is 41.7 Å². The molecule has 3 aromatic rings. The number of nitrogens with zero attached hydrogens (tertiary/aromatic N) is 3. The van der Waals surface area contributed by atoms with E-state index in [4.69, 9.17) is 14.5 Å². The molecule has 1 aliphatic heterocycles. The van der Waals surface area contributed by atoms with Gasteiger partial charge in [0.25, 0.3) is 0 Å². The van der Waals surface area contributed by atoms with Gasteiger partial charge in [-0.3, -0.25) is 14.9 Å². The Balaban J connectivity index is 1.42. The van der Waals surface area contributed by atoms with Crippen molar-refractivity contribution in [3.63, 3.8) is 0 Å². The first-order valence-corrected chi connectivity index (χ1v) is 10.4. The van der Waals surface area contributed by atoms with Gasteiger partial charge in [-0.1, -0.05) is 0 Å². The van der Waals surface area contributed by atoms with Gasteiger partial charge in [-0.05, 0) is 81.2 Å². The number of ether oxygens (including phenoxy) is 2. The maximum Gasteiger partial charge on any atom is 0.161 e. The third kappa shape index (κ3) is 4.35. The van der Waals surface area contributed by atoms with E-state index in [-0.39, 0.29) is 0 Å². The highest BCUT2D eigenvalue weighted by atomic mass is 16.5. The molecule has 5 heteroatoms. The molecule has 0 bridgehead atoms. The number of aromatic nitrogens is 2. The van der Waals surface area contributed by atoms with E-state index in [9.17, 15) is 0 Å². The molecule has 29 heavy (non-hydrogen) atoms. The Hall–Kier alpha value is -2.66. The summed E-state index contributed by atoms with van der Waals surface area (Å²) in [6, 6.07) is 10.4. The number of likely N-dealkylation sites (tertiary alicyclic amines) is 1. The number of methoxy groups -OCH3 is 1. The Labute approximate surface area is 172 Å². The topological polar surface area (TPSA) is 47.5 Å². The summed E-state index contributed by atoms with van der Waals surface area (Å²) < 4.78 is 11.2. The van der Waals surface area contributed by atoms with Gasteiger partial charge >= 0.3 is 0 Å². The Morgan fingerprint density at radius 3 is 2.69 bits per heavy atom. The zero-order valence-corrected chi connectivity index (χ0v) is 17.5. The first kappa shape index (κ1) is 19.6. The van der Waals surface area contributed by atoms with Crippen LogP contribution < -0.4 is 9.47 Å². The van der Waals surface area contributed by atoms with Crippen LogP contribution in [0.2, 0.25) is 0 Å². The van der Waals surface area contributed by atoms with Gasteiger partial charge in [-0.2, -0.15) is 0 Å². The molecule has 1 aliphatic rings. The van der Waals surface area contributed by atoms with Crippen molar-refractivity contribution in [1.29, 1.82) is 0 Å². The van der Waals surface area contributed by atoms with Gasteiger partial charge in [0.1, 0.15) is 0 Å². The third-order valence-corrected chi connectivity index (χ3v) is 5.83. The van der Waals surface area contributed by atoms with Gasteiger partial charge < -0.3 is 9.47 Å². The molecule has 4 rings (SSSR count). The molecule has 3 heterocycles. The fourth-order valence-electron chi connectivity index (χ4n) is 4.13. The van der Waals surface area contributed by atoms with Crippen LogP contribution in [0.5, 0.6) is 11.5 Å². The molecule has 0 unspecified atom stereocenters. The molecular formula is C24H29N3O2. The van der Waals surface area contributed by atoms with E-state index in [1.165, 1.54) is 16.8 Å². The lowest BCUT2D eigenvalue weighted by molar-refractivity contribution is 0.202. The van der Waals surface area contributed by atoms with E-state index < -0.39 is 0 Å². The second-order valence-corrected chi connectivity index (χ2v) is 7.72. The fraction of sp³-hybridized carbons (Fsp3) is 0.417. The van der Waals surface area contributed by atoms with Gasteiger partial charge in [0.05, 0.1) is 19.2 Å². The lowest BCUT2D eigenvalue weighted by atomic mass is 9.92. The van der Waals surface area contributed by atoms with E-state index in [0.29, 0.717) is 12.5 Å². The summed E-state index contributed by atoms with van der Waals surface area (Å²) in [5, 5.41) is 1.11. The van der Waals surface area contributed by atoms with Crippen LogP contribution in [0, 0.1) is 6.92 Å². The molecule has 0 aliphatic carbocycles. The van der Waals surface area contributed by atoms with Gasteiger partial charge in [0.2, 0.25) is 0 Å². The maximum absolute atomic E-state index is 5.77. The Morgan fingerprint density at radius 2 is 1.93 bits per heavy atom. The van der Waals surface area contributed by atoms with Crippen LogP contribution in [0.25, 0.3) is 10.9 Å². The minimum absolute atomic E-state index is 0.508. The SMILES string of the molecule is CCOc1cc(CN2CCC(c3cc4ncccc4cn3)CC2)c(C)cc1OC. The van der Waals surface area contributed by atoms with Gasteiger partial charge in [-0.25, -0.2) is 0 Å². The number of fused-ring (bicyclic) bond motifs is 1. The van der Waals surface area contributed by atoms with Crippen molar-refractivity contribution in [2.75, 3.05) is 26.8 Å². The number of hydrogen-bond donors (Lipinski definition) is 0. The molecule has 1 saturated heterocycles. The summed E-state index contributed by atoms with van der Waals surface area (Å²) in [4.78, 5) is 11.7. The summed E-state index contributed by atoms with van der Waals surface area (Å²) in [7, 11) is 1.69. The maximum atomic E-state index is 5.77. The first-order chi connectivity index (χ1) is 14.2. The van der Waals surface area contributed by atoms with Crippen molar-refractivity contribution in [3.8, 4) is 11.5 Å². The number of hydrogen-bond acceptors (Lipinski definition) is 5. The normalized spacial score (nSPS) is 15.6. The quantitative estimate of drug-likeness (QED) is 0.608. The number of piperidine rings is 1. The highest BCUT2D eigenvalue weighted by molar-refractivity contribution is 5.77. The van der Waals surface area contributed by atoms with Crippen molar-refractivity contribution in [2.24, 2.45) is 0 Å². The second-order valence-electron chi connectivity index (χ2n) is 7.72. The highest BCUT2D eigenvalue weighted by Gasteiger charge is 2.23. The highest BCUT2D eigenvalue weighted by Crippen LogP contribution is 2.33. The number of aryl methyl sites for hydroxylation is 1. The van der Waals surface area contributed by atoms with Crippen LogP contribution in [-0.2, 0) is 6.54 Å². The first-order valence-electron chi connectivity index (χ1n) is 10.4. The average Bonchev–Trinajstić information content (AvgIpc) is 2.76. The average molecular weight is 392 g/mol. The lowest BCUT2D eigenvalue weighted by Crippen LogP contribution is -2.33. The third-order valence-electron chi connectivity index (χ3n) is 5.83. The monoisotopic (exact) mass is 391 g/mol. The number of rotatable bonds is 6. The molecule has 152 valence electrons. The Kier molecular flexibility index (Phi) is 5.95. The van der Waals surface area contributed by atoms with E-state index in [0.717, 1.165) is 54.9 Å². The van der Waals surface area contributed by atoms with Crippen LogP contribution in [0.1, 0.15) is 42.5 Å². The largest absolute Gasteiger partial charge is 0.493 e. The standard InChI is InChI=1S/C24H29N3O2/c1-4-29-24-13-20(17(2)12-23(24)28-3)16-27-10-7-18(8-11-27)21-14-22-19(15-26-21)6-5-9-25-22/h5-6,9,12-15,18H,4,7-8,10-11,16H2,1-3H3. The summed E-state index contributed by atoms with van der Waals surface area (Å²) in [6.07, 6.45) is 6.06. The van der Waals surface area contributed by atoms with Crippen LogP contribution in [0.15, 0.2) is 42.7 Å². The summed E-state index contributed by atoms with van der Waals surface area (Å²) >= 11 is 0. The molecule has 1 fully saturated rings. The van der Waals surface area contributed by atoms with Crippen LogP contribution in [0.3, 0.4) is 0 Å². The molecule has 2 aromatic heterocycles. The number of benzene rings is 1. The summed E-state index contributed by atoms with van der Waals surface area (Å²) in [5.74, 6) is 2.15. The molecule has 0 amide bonds. The zero-order valence-electron chi connectivity index (χ0n) is 17.5. The van der Waals surface area contributed by atoms with Crippen LogP contribution >= 0.6 is 0 Å². The van der Waals surface area contributed by atoms with Crippen molar-refractivity contribution >= 4 is 10.9 Å². The molecule has 0 saturated carbocycles. The molecule has 0 atom stereocenters. The Morgan fingerprint density at radius 1 is 1.10 bits per heavy atom. The summed E-state index contributed by atoms with van der Waals surface area (Å²) in [5.41, 5.74) is 4.77. The molecule has 5 nitrogen and oxygen atoms in total. The lowest BCUT2D eigenvalue weighted by Gasteiger charge is -2.32. The zero-order chi connectivity index (χ0) is 20.2. The molecular weight excluding hydrogens is 362 g/mol. The van der Waals surface area contributed by atoms with E-state index in [2.05, 4.69) is 41.1 Å². The second kappa shape index (κ2) is 8.78. The smallest absolute Gasteiger partial charge is 0.161 e. The summed E-state index contributed by atoms with van der Waals surface area (Å²) in [6.45, 7) is 7.86. The molecule has 0 N–H and O–H groups in total. The molecule has 1 aromatic carbocycles. The predicted octanol–water partition coefficient (Wildman–Crippen LogP) is 4.73. The van der Waals surface area contributed by atoms with Crippen LogP contribution in [0.4, 0.5) is 0 Å². The Bertz CT molecular complexity index is 981. The molecule has 0 radical (unpaired) electrons. The van der Waals surface area contributed by atoms with Gasteiger partial charge in [0, 0.05) is 35.9 Å². The van der Waals surface area contributed by atoms with Crippen molar-refractivity contribution < 1.29 is 9.47 Å². The fourth-order valence-corrected chi connectivity index (χ4v) is 4.13. The van der Waals surface area contributed by atoms with E-state index in [1.54, 1.807) is 7.11 Å². The van der Waals surface area contributed by atoms with Crippen molar-refractivity contribution in [2.45, 2.75) is 39.2 Å². The predicted molar refractivity (Wildman–Crippen MR) is 116 cm³/mol. The van der Waals surface area contributed by atoms with E-state index >= 15 is 0 Å². The van der Waals surface area contributed by atoms with Crippen molar-refractivity contribution in [1.82, 2.24) is 14.9 Å². The minimum atomic E-state index is 0.508. The number of pyridine rings is 2. The van der Waals surface area contributed by atoms with E-state index in [1.807, 2.05) is 25.4 Å². The van der Waals surface area contributed by atoms with Gasteiger partial charge in [0.15, 0.2) is 11.5 Å². The van der Waals surface area contributed by atoms with Gasteiger partial charge in [-0.15, -0.1) is 0 Å². The minimum Gasteiger partial charge on any atom is -0.493 e. The van der Waals surface area contributed by atoms with Crippen molar-refractivity contribution in [3.05, 3.63) is 59.5 Å². The molecule has 0 spiro atoms.